The maximum absolute atomic E-state index is 14.5. The first-order valence-corrected chi connectivity index (χ1v) is 11.1. The predicted octanol–water partition coefficient (Wildman–Crippen LogP) is 3.68. The minimum Gasteiger partial charge on any atom is -0.386 e. The maximum Gasteiger partial charge on any atom is 0.456 e. The van der Waals surface area contributed by atoms with E-state index in [1.165, 1.54) is 36.6 Å². The Morgan fingerprint density at radius 3 is 2.21 bits per heavy atom. The fourth-order valence-electron chi connectivity index (χ4n) is 5.16. The van der Waals surface area contributed by atoms with Crippen LogP contribution in [0.3, 0.4) is 0 Å². The van der Waals surface area contributed by atoms with Crippen LogP contribution >= 0.6 is 0 Å². The molecular weight excluding hydrogens is 454 g/mol. The van der Waals surface area contributed by atoms with Gasteiger partial charge in [0.25, 0.3) is 11.7 Å². The molecule has 1 spiro atoms. The van der Waals surface area contributed by atoms with Crippen LogP contribution in [-0.2, 0) is 17.7 Å². The molecule has 2 aliphatic heterocycles. The van der Waals surface area contributed by atoms with Crippen LogP contribution in [-0.4, -0.2) is 64.0 Å². The number of likely N-dealkylation sites (N-methyl/N-ethyl adjacent to an activating group) is 1. The van der Waals surface area contributed by atoms with Gasteiger partial charge in [0.05, 0.1) is 16.8 Å². The largest absolute Gasteiger partial charge is 0.456 e. The molecule has 1 amide bonds. The summed E-state index contributed by atoms with van der Waals surface area (Å²) in [5.41, 5.74) is -1.45. The lowest BCUT2D eigenvalue weighted by atomic mass is 9.81. The lowest BCUT2D eigenvalue weighted by molar-refractivity contribution is -0.0892. The zero-order valence-corrected chi connectivity index (χ0v) is 19.2. The van der Waals surface area contributed by atoms with E-state index in [4.69, 9.17) is 0 Å². The van der Waals surface area contributed by atoms with Gasteiger partial charge >= 0.3 is 6.18 Å². The van der Waals surface area contributed by atoms with E-state index in [1.54, 1.807) is 11.0 Å². The predicted molar refractivity (Wildman–Crippen MR) is 116 cm³/mol. The molecule has 1 fully saturated rings. The summed E-state index contributed by atoms with van der Waals surface area (Å²) in [4.78, 5) is 28.6. The molecule has 6 nitrogen and oxygen atoms in total. The average Bonchev–Trinajstić information content (AvgIpc) is 3.19. The first-order valence-electron chi connectivity index (χ1n) is 11.1. The SMILES string of the molecule is CN1CCn2c(C(=O)C(F)(F)F)ccc2C12CCN(C(=O)c1ccc(C(C)(C)O)c(F)c1)CC2. The molecule has 0 unspecified atom stereocenters. The van der Waals surface area contributed by atoms with Gasteiger partial charge in [0.15, 0.2) is 0 Å². The molecule has 2 aromatic rings. The van der Waals surface area contributed by atoms with Gasteiger partial charge in [-0.2, -0.15) is 13.2 Å². The first-order chi connectivity index (χ1) is 15.8. The lowest BCUT2D eigenvalue weighted by Gasteiger charge is -2.50. The summed E-state index contributed by atoms with van der Waals surface area (Å²) in [5.74, 6) is -2.88. The van der Waals surface area contributed by atoms with Gasteiger partial charge in [-0.3, -0.25) is 14.5 Å². The molecule has 2 aliphatic rings. The first kappa shape index (κ1) is 24.4. The van der Waals surface area contributed by atoms with Crippen molar-refractivity contribution in [1.82, 2.24) is 14.4 Å². The number of amides is 1. The Kier molecular flexibility index (Phi) is 5.88. The highest BCUT2D eigenvalue weighted by Crippen LogP contribution is 2.42. The number of hydrogen-bond donors (Lipinski definition) is 1. The summed E-state index contributed by atoms with van der Waals surface area (Å²) in [6.07, 6.45) is -4.02. The molecule has 4 rings (SSSR count). The van der Waals surface area contributed by atoms with Crippen LogP contribution < -0.4 is 0 Å². The van der Waals surface area contributed by atoms with Crippen molar-refractivity contribution in [2.45, 2.75) is 50.6 Å². The Balaban J connectivity index is 1.56. The number of alkyl halides is 3. The van der Waals surface area contributed by atoms with Gasteiger partial charge in [0.2, 0.25) is 0 Å². The monoisotopic (exact) mass is 481 g/mol. The molecule has 184 valence electrons. The van der Waals surface area contributed by atoms with Crippen LogP contribution in [0.4, 0.5) is 17.6 Å². The quantitative estimate of drug-likeness (QED) is 0.537. The van der Waals surface area contributed by atoms with E-state index >= 15 is 0 Å². The number of fused-ring (bicyclic) bond motifs is 2. The molecule has 3 heterocycles. The van der Waals surface area contributed by atoms with Gasteiger partial charge in [-0.05, 0) is 58.0 Å². The minimum absolute atomic E-state index is 0.0930. The Bertz CT molecular complexity index is 1130. The van der Waals surface area contributed by atoms with Crippen LogP contribution in [0.2, 0.25) is 0 Å². The highest BCUT2D eigenvalue weighted by atomic mass is 19.4. The van der Waals surface area contributed by atoms with Crippen molar-refractivity contribution in [3.63, 3.8) is 0 Å². The number of nitrogens with zero attached hydrogens (tertiary/aromatic N) is 3. The number of hydrogen-bond acceptors (Lipinski definition) is 4. The number of aromatic nitrogens is 1. The number of benzene rings is 1. The van der Waals surface area contributed by atoms with E-state index in [0.717, 1.165) is 6.07 Å². The highest BCUT2D eigenvalue weighted by Gasteiger charge is 2.48. The summed E-state index contributed by atoms with van der Waals surface area (Å²) in [6.45, 7) is 4.31. The molecule has 34 heavy (non-hydrogen) atoms. The van der Waals surface area contributed by atoms with Crippen molar-refractivity contribution in [3.05, 3.63) is 58.7 Å². The third-order valence-corrected chi connectivity index (χ3v) is 7.09. The summed E-state index contributed by atoms with van der Waals surface area (Å²) >= 11 is 0. The van der Waals surface area contributed by atoms with Crippen molar-refractivity contribution >= 4 is 11.7 Å². The Morgan fingerprint density at radius 2 is 1.65 bits per heavy atom. The van der Waals surface area contributed by atoms with Gasteiger partial charge in [-0.15, -0.1) is 0 Å². The van der Waals surface area contributed by atoms with Crippen molar-refractivity contribution in [3.8, 4) is 0 Å². The topological polar surface area (TPSA) is 65.8 Å². The zero-order chi connectivity index (χ0) is 25.1. The molecule has 1 aromatic carbocycles. The van der Waals surface area contributed by atoms with E-state index in [1.807, 2.05) is 7.05 Å². The average molecular weight is 481 g/mol. The number of Topliss-reactive ketones (excluding diaryl/α,β-unsaturated/α-hetero) is 1. The third kappa shape index (κ3) is 4.02. The Morgan fingerprint density at radius 1 is 1.00 bits per heavy atom. The van der Waals surface area contributed by atoms with E-state index in [-0.39, 0.29) is 29.3 Å². The van der Waals surface area contributed by atoms with Gasteiger partial charge in [0, 0.05) is 43.0 Å². The fourth-order valence-corrected chi connectivity index (χ4v) is 5.16. The van der Waals surface area contributed by atoms with Crippen molar-refractivity contribution in [2.24, 2.45) is 0 Å². The van der Waals surface area contributed by atoms with Crippen molar-refractivity contribution < 1.29 is 32.3 Å². The molecule has 1 saturated heterocycles. The van der Waals surface area contributed by atoms with Gasteiger partial charge in [0.1, 0.15) is 5.82 Å². The number of piperidine rings is 1. The molecule has 0 radical (unpaired) electrons. The van der Waals surface area contributed by atoms with E-state index < -0.39 is 28.9 Å². The smallest absolute Gasteiger partial charge is 0.386 e. The van der Waals surface area contributed by atoms with Crippen LogP contribution in [0.15, 0.2) is 30.3 Å². The van der Waals surface area contributed by atoms with Crippen LogP contribution in [0.25, 0.3) is 0 Å². The number of halogens is 4. The molecule has 0 atom stereocenters. The maximum atomic E-state index is 14.5. The second-order valence-electron chi connectivity index (χ2n) is 9.58. The van der Waals surface area contributed by atoms with E-state index in [9.17, 15) is 32.3 Å². The number of rotatable bonds is 3. The van der Waals surface area contributed by atoms with E-state index in [2.05, 4.69) is 4.90 Å². The second kappa shape index (κ2) is 8.20. The molecule has 0 aliphatic carbocycles. The minimum atomic E-state index is -4.95. The standard InChI is InChI=1S/C24H27F4N3O3/c1-22(2,34)16-5-4-15(14-17(16)25)21(33)30-10-8-23(9-11-30)19-7-6-18(20(32)24(26,27)28)31(19)13-12-29(23)3/h4-7,14,34H,8-13H2,1-3H3. The number of aliphatic hydroxyl groups is 1. The highest BCUT2D eigenvalue weighted by molar-refractivity contribution is 5.99. The summed E-state index contributed by atoms with van der Waals surface area (Å²) in [6, 6.07) is 6.81. The molecule has 10 heteroatoms. The third-order valence-electron chi connectivity index (χ3n) is 7.09. The van der Waals surface area contributed by atoms with Crippen LogP contribution in [0, 0.1) is 5.82 Å². The van der Waals surface area contributed by atoms with Crippen molar-refractivity contribution in [1.29, 1.82) is 0 Å². The molecular formula is C24H27F4N3O3. The Hall–Kier alpha value is -2.72. The molecule has 1 N–H and O–H groups in total. The van der Waals surface area contributed by atoms with E-state index in [0.29, 0.717) is 38.2 Å². The van der Waals surface area contributed by atoms with Crippen molar-refractivity contribution in [2.75, 3.05) is 26.7 Å². The molecule has 1 aromatic heterocycles. The number of carbonyl (C=O) groups excluding carboxylic acids is 2. The van der Waals surface area contributed by atoms with Gasteiger partial charge in [-0.25, -0.2) is 4.39 Å². The van der Waals surface area contributed by atoms with Crippen LogP contribution in [0.1, 0.15) is 58.8 Å². The summed E-state index contributed by atoms with van der Waals surface area (Å²) < 4.78 is 55.1. The van der Waals surface area contributed by atoms with Gasteiger partial charge < -0.3 is 14.6 Å². The zero-order valence-electron chi connectivity index (χ0n) is 19.2. The normalized spacial score (nSPS) is 18.8. The second-order valence-corrected chi connectivity index (χ2v) is 9.58. The summed E-state index contributed by atoms with van der Waals surface area (Å²) in [7, 11) is 1.89. The number of carbonyl (C=O) groups is 2. The molecule has 0 saturated carbocycles. The lowest BCUT2D eigenvalue weighted by Crippen LogP contribution is -2.56. The number of likely N-dealkylation sites (tertiary alicyclic amines) is 1. The fraction of sp³-hybridized carbons (Fsp3) is 0.500. The Labute approximate surface area is 194 Å². The summed E-state index contributed by atoms with van der Waals surface area (Å²) in [5, 5.41) is 10.0. The number of ketones is 1. The van der Waals surface area contributed by atoms with Crippen LogP contribution in [0.5, 0.6) is 0 Å². The van der Waals surface area contributed by atoms with Gasteiger partial charge in [-0.1, -0.05) is 6.07 Å². The molecule has 0 bridgehead atoms.